The van der Waals surface area contributed by atoms with Crippen LogP contribution in [0.2, 0.25) is 0 Å². The van der Waals surface area contributed by atoms with Crippen molar-refractivity contribution < 1.29 is 18.0 Å². The van der Waals surface area contributed by atoms with Crippen molar-refractivity contribution >= 4 is 21.6 Å². The van der Waals surface area contributed by atoms with Crippen LogP contribution in [0, 0.1) is 56.2 Å². The zero-order valence-corrected chi connectivity index (χ0v) is 25.8. The van der Waals surface area contributed by atoms with Gasteiger partial charge in [0.1, 0.15) is 6.07 Å². The van der Waals surface area contributed by atoms with Crippen LogP contribution in [0.5, 0.6) is 0 Å². The zero-order chi connectivity index (χ0) is 29.0. The first kappa shape index (κ1) is 28.7. The second-order valence-corrected chi connectivity index (χ2v) is 17.4. The number of allylic oxidation sites excluding steroid dienone is 4. The number of ketones is 2. The molecule has 214 valence electrons. The maximum atomic E-state index is 14.5. The Morgan fingerprint density at radius 1 is 1.00 bits per heavy atom. The van der Waals surface area contributed by atoms with Crippen LogP contribution in [0.4, 0.5) is 0 Å². The van der Waals surface area contributed by atoms with Gasteiger partial charge in [0, 0.05) is 22.3 Å². The molecule has 0 unspecified atom stereocenters. The molecule has 0 bridgehead atoms. The molecule has 0 spiro atoms. The predicted molar refractivity (Wildman–Crippen MR) is 152 cm³/mol. The first-order valence-electron chi connectivity index (χ1n) is 14.8. The minimum atomic E-state index is -3.45. The van der Waals surface area contributed by atoms with Crippen molar-refractivity contribution in [3.63, 3.8) is 0 Å². The Kier molecular flexibility index (Phi) is 6.18. The summed E-state index contributed by atoms with van der Waals surface area (Å²) in [4.78, 5) is 27.7. The molecule has 0 aliphatic heterocycles. The number of rotatable bonds is 3. The van der Waals surface area contributed by atoms with E-state index in [1.54, 1.807) is 6.92 Å². The number of sulfonamides is 1. The van der Waals surface area contributed by atoms with E-state index in [-0.39, 0.29) is 56.9 Å². The van der Waals surface area contributed by atoms with Crippen LogP contribution in [-0.4, -0.2) is 31.3 Å². The largest absolute Gasteiger partial charge is 0.295 e. The Bertz CT molecular complexity index is 1350. The minimum Gasteiger partial charge on any atom is -0.295 e. The zero-order valence-electron chi connectivity index (χ0n) is 25.0. The highest BCUT2D eigenvalue weighted by Crippen LogP contribution is 2.73. The summed E-state index contributed by atoms with van der Waals surface area (Å²) in [5, 5.41) is 9.89. The van der Waals surface area contributed by atoms with Crippen LogP contribution in [0.3, 0.4) is 0 Å². The maximum Gasteiger partial charge on any atom is 0.211 e. The van der Waals surface area contributed by atoms with Gasteiger partial charge in [0.15, 0.2) is 11.6 Å². The van der Waals surface area contributed by atoms with E-state index in [0.29, 0.717) is 0 Å². The lowest BCUT2D eigenvalue weighted by molar-refractivity contribution is -0.159. The molecule has 0 aromatic rings. The van der Waals surface area contributed by atoms with Crippen molar-refractivity contribution in [3.8, 4) is 6.07 Å². The van der Waals surface area contributed by atoms with Gasteiger partial charge in [-0.3, -0.25) is 9.59 Å². The Hall–Kier alpha value is -1.78. The van der Waals surface area contributed by atoms with Crippen molar-refractivity contribution in [1.29, 1.82) is 5.26 Å². The molecule has 7 atom stereocenters. The van der Waals surface area contributed by atoms with E-state index in [1.165, 1.54) is 0 Å². The van der Waals surface area contributed by atoms with E-state index in [9.17, 15) is 23.3 Å². The Morgan fingerprint density at radius 2 is 1.64 bits per heavy atom. The average molecular weight is 555 g/mol. The molecule has 1 N–H and O–H groups in total. The fourth-order valence-electron chi connectivity index (χ4n) is 10.2. The van der Waals surface area contributed by atoms with Crippen molar-refractivity contribution in [2.45, 2.75) is 106 Å². The third kappa shape index (κ3) is 3.76. The number of hydrogen-bond donors (Lipinski definition) is 1. The van der Waals surface area contributed by atoms with E-state index in [1.807, 2.05) is 26.0 Å². The van der Waals surface area contributed by atoms with Crippen molar-refractivity contribution in [2.24, 2.45) is 44.8 Å². The summed E-state index contributed by atoms with van der Waals surface area (Å²) >= 11 is 0. The third-order valence-corrected chi connectivity index (χ3v) is 14.1. The lowest BCUT2D eigenvalue weighted by Crippen LogP contribution is -2.69. The van der Waals surface area contributed by atoms with Crippen LogP contribution < -0.4 is 4.72 Å². The van der Waals surface area contributed by atoms with Gasteiger partial charge in [-0.05, 0) is 86.0 Å². The molecular formula is C32H46N2O4S. The Balaban J connectivity index is 1.69. The maximum absolute atomic E-state index is 14.5. The number of carbonyl (C=O) groups excluding carboxylic acids is 2. The number of nitrogens with zero attached hydrogens (tertiary/aromatic N) is 1. The molecule has 5 rings (SSSR count). The van der Waals surface area contributed by atoms with Crippen molar-refractivity contribution in [2.75, 3.05) is 5.75 Å². The molecule has 3 fully saturated rings. The number of nitriles is 1. The monoisotopic (exact) mass is 554 g/mol. The van der Waals surface area contributed by atoms with Gasteiger partial charge >= 0.3 is 0 Å². The molecule has 39 heavy (non-hydrogen) atoms. The Morgan fingerprint density at radius 3 is 2.26 bits per heavy atom. The summed E-state index contributed by atoms with van der Waals surface area (Å²) in [5.41, 5.74) is -1.21. The number of carbonyl (C=O) groups is 2. The average Bonchev–Trinajstić information content (AvgIpc) is 2.83. The predicted octanol–water partition coefficient (Wildman–Crippen LogP) is 5.90. The lowest BCUT2D eigenvalue weighted by Gasteiger charge is -2.69. The molecule has 0 aromatic heterocycles. The van der Waals surface area contributed by atoms with Crippen LogP contribution in [0.25, 0.3) is 0 Å². The van der Waals surface area contributed by atoms with Gasteiger partial charge in [-0.15, -0.1) is 0 Å². The SMILES string of the molecule is CCS(=O)(=O)N[C@]12CCC(C)(C)C[C@H]1[C@H]1C(=O)C=C3[C@@]4(C)C=C(C#N)C(=O)C(C)(C)[C@@H]4CC[C@@]3(C)[C@]1(C)CC2. The topological polar surface area (TPSA) is 104 Å². The summed E-state index contributed by atoms with van der Waals surface area (Å²) in [7, 11) is -3.45. The summed E-state index contributed by atoms with van der Waals surface area (Å²) in [5.74, 6) is -0.325. The molecule has 7 heteroatoms. The fraction of sp³-hybridized carbons (Fsp3) is 0.781. The molecule has 0 aromatic carbocycles. The van der Waals surface area contributed by atoms with Gasteiger partial charge in [0.2, 0.25) is 10.0 Å². The molecule has 5 aliphatic rings. The third-order valence-electron chi connectivity index (χ3n) is 12.6. The van der Waals surface area contributed by atoms with Crippen LogP contribution >= 0.6 is 0 Å². The van der Waals surface area contributed by atoms with E-state index >= 15 is 0 Å². The normalized spacial score (nSPS) is 44.5. The van der Waals surface area contributed by atoms with Crippen LogP contribution in [-0.2, 0) is 19.6 Å². The quantitative estimate of drug-likeness (QED) is 0.468. The summed E-state index contributed by atoms with van der Waals surface area (Å²) in [6.07, 6.45) is 9.44. The van der Waals surface area contributed by atoms with Crippen LogP contribution in [0.15, 0.2) is 23.3 Å². The highest BCUT2D eigenvalue weighted by Gasteiger charge is 2.70. The van der Waals surface area contributed by atoms with E-state index < -0.39 is 26.4 Å². The first-order chi connectivity index (χ1) is 17.8. The van der Waals surface area contributed by atoms with E-state index in [4.69, 9.17) is 0 Å². The summed E-state index contributed by atoms with van der Waals surface area (Å²) in [6, 6.07) is 2.17. The second-order valence-electron chi connectivity index (χ2n) is 15.4. The molecule has 0 heterocycles. The van der Waals surface area contributed by atoms with Crippen molar-refractivity contribution in [3.05, 3.63) is 23.3 Å². The number of hydrogen-bond acceptors (Lipinski definition) is 5. The molecule has 0 radical (unpaired) electrons. The van der Waals surface area contributed by atoms with E-state index in [0.717, 1.165) is 50.5 Å². The van der Waals surface area contributed by atoms with Crippen molar-refractivity contribution in [1.82, 2.24) is 4.72 Å². The van der Waals surface area contributed by atoms with Crippen LogP contribution in [0.1, 0.15) is 100 Å². The van der Waals surface area contributed by atoms with E-state index in [2.05, 4.69) is 45.4 Å². The highest BCUT2D eigenvalue weighted by molar-refractivity contribution is 7.89. The summed E-state index contributed by atoms with van der Waals surface area (Å²) in [6.45, 7) is 16.8. The Labute approximate surface area is 235 Å². The lowest BCUT2D eigenvalue weighted by atomic mass is 9.35. The van der Waals surface area contributed by atoms with Gasteiger partial charge in [-0.1, -0.05) is 60.1 Å². The smallest absolute Gasteiger partial charge is 0.211 e. The van der Waals surface area contributed by atoms with Gasteiger partial charge in [0.05, 0.1) is 11.3 Å². The molecule has 0 amide bonds. The molecule has 0 saturated heterocycles. The highest BCUT2D eigenvalue weighted by atomic mass is 32.2. The fourth-order valence-corrected chi connectivity index (χ4v) is 11.3. The number of nitrogens with one attached hydrogen (secondary N) is 1. The van der Waals surface area contributed by atoms with Gasteiger partial charge in [-0.2, -0.15) is 5.26 Å². The minimum absolute atomic E-state index is 0.00883. The van der Waals surface area contributed by atoms with Gasteiger partial charge < -0.3 is 0 Å². The second kappa shape index (κ2) is 8.38. The summed E-state index contributed by atoms with van der Waals surface area (Å²) < 4.78 is 29.1. The first-order valence-corrected chi connectivity index (χ1v) is 16.4. The number of fused-ring (bicyclic) bond motifs is 7. The standard InChI is InChI=1S/C32H46N2O4S/c1-9-39(37,38)34-32-14-12-27(2,3)18-21(32)25-22(35)16-24-29(6)17-20(19-33)26(36)28(4,5)23(29)10-11-30(24,7)31(25,8)13-15-32/h16-17,21,23,25,34H,9-15,18H2,1-8H3/t21-,23-,25-,29-,30+,31+,32-/m0/s1. The van der Waals surface area contributed by atoms with Gasteiger partial charge in [0.25, 0.3) is 0 Å². The number of Topliss-reactive ketones (excluding diaryl/α,β-unsaturated/α-hetero) is 1. The molecule has 3 saturated carbocycles. The molecule has 5 aliphatic carbocycles. The molecular weight excluding hydrogens is 508 g/mol. The van der Waals surface area contributed by atoms with Gasteiger partial charge in [-0.25, -0.2) is 13.1 Å². The molecule has 6 nitrogen and oxygen atoms in total.